The van der Waals surface area contributed by atoms with Crippen molar-refractivity contribution in [3.8, 4) is 0 Å². The lowest BCUT2D eigenvalue weighted by atomic mass is 9.81. The molecule has 2 atom stereocenters. The summed E-state index contributed by atoms with van der Waals surface area (Å²) in [6.07, 6.45) is 12.5. The number of rotatable bonds is 11. The molecule has 1 rings (SSSR count). The van der Waals surface area contributed by atoms with Crippen LogP contribution in [0, 0.1) is 11.8 Å². The summed E-state index contributed by atoms with van der Waals surface area (Å²) in [7, 11) is 0. The maximum atomic E-state index is 12.0. The SMILES string of the molecule is CCCCCCCCCCOC(=O)C1CCCC(C(=O)O)C1. The van der Waals surface area contributed by atoms with Gasteiger partial charge in [-0.3, -0.25) is 9.59 Å². The maximum Gasteiger partial charge on any atom is 0.308 e. The van der Waals surface area contributed by atoms with Gasteiger partial charge in [0.25, 0.3) is 0 Å². The van der Waals surface area contributed by atoms with E-state index < -0.39 is 5.97 Å². The Hall–Kier alpha value is -1.06. The van der Waals surface area contributed by atoms with Gasteiger partial charge in [-0.15, -0.1) is 0 Å². The molecule has 0 amide bonds. The predicted molar refractivity (Wildman–Crippen MR) is 86.7 cm³/mol. The maximum absolute atomic E-state index is 12.0. The van der Waals surface area contributed by atoms with Crippen molar-refractivity contribution in [1.29, 1.82) is 0 Å². The van der Waals surface area contributed by atoms with E-state index in [1.807, 2.05) is 0 Å². The third-order valence-electron chi connectivity index (χ3n) is 4.60. The largest absolute Gasteiger partial charge is 0.481 e. The number of carboxylic acids is 1. The molecule has 0 heterocycles. The number of hydrogen-bond acceptors (Lipinski definition) is 3. The highest BCUT2D eigenvalue weighted by Gasteiger charge is 2.31. The first-order valence-electron chi connectivity index (χ1n) is 9.04. The Labute approximate surface area is 134 Å². The summed E-state index contributed by atoms with van der Waals surface area (Å²) < 4.78 is 5.32. The van der Waals surface area contributed by atoms with Crippen LogP contribution in [0.15, 0.2) is 0 Å². The summed E-state index contributed by atoms with van der Waals surface area (Å²) >= 11 is 0. The molecule has 1 aliphatic carbocycles. The second-order valence-corrected chi connectivity index (χ2v) is 6.54. The van der Waals surface area contributed by atoms with Gasteiger partial charge in [0.05, 0.1) is 18.4 Å². The van der Waals surface area contributed by atoms with E-state index in [1.54, 1.807) is 0 Å². The van der Waals surface area contributed by atoms with Crippen LogP contribution in [0.2, 0.25) is 0 Å². The van der Waals surface area contributed by atoms with Gasteiger partial charge in [0.15, 0.2) is 0 Å². The summed E-state index contributed by atoms with van der Waals surface area (Å²) in [5.41, 5.74) is 0. The molecule has 0 radical (unpaired) electrons. The Morgan fingerprint density at radius 2 is 1.55 bits per heavy atom. The van der Waals surface area contributed by atoms with E-state index in [2.05, 4.69) is 6.92 Å². The summed E-state index contributed by atoms with van der Waals surface area (Å²) in [4.78, 5) is 23.0. The first-order valence-corrected chi connectivity index (χ1v) is 9.04. The minimum absolute atomic E-state index is 0.186. The number of ether oxygens (including phenoxy) is 1. The van der Waals surface area contributed by atoms with Crippen LogP contribution in [0.25, 0.3) is 0 Å². The van der Waals surface area contributed by atoms with E-state index >= 15 is 0 Å². The second-order valence-electron chi connectivity index (χ2n) is 6.54. The Kier molecular flexibility index (Phi) is 9.93. The number of hydrogen-bond donors (Lipinski definition) is 1. The first kappa shape index (κ1) is 19.0. The third-order valence-corrected chi connectivity index (χ3v) is 4.60. The fourth-order valence-corrected chi connectivity index (χ4v) is 3.15. The van der Waals surface area contributed by atoms with Crippen molar-refractivity contribution in [2.75, 3.05) is 6.61 Å². The monoisotopic (exact) mass is 312 g/mol. The van der Waals surface area contributed by atoms with E-state index in [1.165, 1.54) is 38.5 Å². The van der Waals surface area contributed by atoms with Crippen LogP contribution >= 0.6 is 0 Å². The average molecular weight is 312 g/mol. The van der Waals surface area contributed by atoms with Gasteiger partial charge in [0.2, 0.25) is 0 Å². The molecule has 1 aliphatic rings. The highest BCUT2D eigenvalue weighted by atomic mass is 16.5. The number of carbonyl (C=O) groups is 2. The third kappa shape index (κ3) is 7.81. The van der Waals surface area contributed by atoms with E-state index in [0.29, 0.717) is 19.4 Å². The molecular formula is C18H32O4. The second kappa shape index (κ2) is 11.5. The molecular weight excluding hydrogens is 280 g/mol. The summed E-state index contributed by atoms with van der Waals surface area (Å²) in [6, 6.07) is 0. The van der Waals surface area contributed by atoms with Crippen molar-refractivity contribution < 1.29 is 19.4 Å². The fraction of sp³-hybridized carbons (Fsp3) is 0.889. The number of esters is 1. The Bertz CT molecular complexity index is 327. The lowest BCUT2D eigenvalue weighted by Crippen LogP contribution is -2.28. The molecule has 0 bridgehead atoms. The zero-order chi connectivity index (χ0) is 16.2. The van der Waals surface area contributed by atoms with E-state index in [4.69, 9.17) is 9.84 Å². The van der Waals surface area contributed by atoms with E-state index in [-0.39, 0.29) is 17.8 Å². The molecule has 4 heteroatoms. The molecule has 0 aromatic carbocycles. The quantitative estimate of drug-likeness (QED) is 0.448. The highest BCUT2D eigenvalue weighted by molar-refractivity contribution is 5.75. The molecule has 22 heavy (non-hydrogen) atoms. The normalized spacial score (nSPS) is 21.5. The zero-order valence-electron chi connectivity index (χ0n) is 14.0. The van der Waals surface area contributed by atoms with Crippen molar-refractivity contribution in [3.05, 3.63) is 0 Å². The smallest absolute Gasteiger partial charge is 0.308 e. The van der Waals surface area contributed by atoms with Crippen LogP contribution in [-0.2, 0) is 14.3 Å². The zero-order valence-corrected chi connectivity index (χ0v) is 14.0. The summed E-state index contributed by atoms with van der Waals surface area (Å²) in [5.74, 6) is -1.53. The van der Waals surface area contributed by atoms with Crippen molar-refractivity contribution in [2.45, 2.75) is 84.0 Å². The van der Waals surface area contributed by atoms with Gasteiger partial charge in [0.1, 0.15) is 0 Å². The average Bonchev–Trinajstić information content (AvgIpc) is 2.53. The molecule has 1 saturated carbocycles. The van der Waals surface area contributed by atoms with E-state index in [0.717, 1.165) is 25.7 Å². The topological polar surface area (TPSA) is 63.6 Å². The van der Waals surface area contributed by atoms with Crippen LogP contribution in [-0.4, -0.2) is 23.7 Å². The summed E-state index contributed by atoms with van der Waals surface area (Å²) in [5, 5.41) is 9.04. The van der Waals surface area contributed by atoms with E-state index in [9.17, 15) is 9.59 Å². The molecule has 1 N–H and O–H groups in total. The van der Waals surface area contributed by atoms with Gasteiger partial charge in [0, 0.05) is 0 Å². The van der Waals surface area contributed by atoms with Gasteiger partial charge < -0.3 is 9.84 Å². The molecule has 0 saturated heterocycles. The van der Waals surface area contributed by atoms with Gasteiger partial charge in [-0.25, -0.2) is 0 Å². The molecule has 0 aromatic rings. The Morgan fingerprint density at radius 1 is 0.955 bits per heavy atom. The lowest BCUT2D eigenvalue weighted by Gasteiger charge is -2.25. The molecule has 1 fully saturated rings. The van der Waals surface area contributed by atoms with Crippen molar-refractivity contribution in [3.63, 3.8) is 0 Å². The minimum Gasteiger partial charge on any atom is -0.481 e. The molecule has 0 spiro atoms. The lowest BCUT2D eigenvalue weighted by molar-refractivity contribution is -0.152. The van der Waals surface area contributed by atoms with Crippen LogP contribution in [0.1, 0.15) is 84.0 Å². The first-order chi connectivity index (χ1) is 10.6. The Balaban J connectivity index is 2.02. The summed E-state index contributed by atoms with van der Waals surface area (Å²) in [6.45, 7) is 2.71. The standard InChI is InChI=1S/C18H32O4/c1-2-3-4-5-6-7-8-9-13-22-18(21)16-12-10-11-15(14-16)17(19)20/h15-16H,2-14H2,1H3,(H,19,20). The number of carboxylic acid groups (broad SMARTS) is 1. The van der Waals surface area contributed by atoms with Gasteiger partial charge in [-0.2, -0.15) is 0 Å². The predicted octanol–water partition coefficient (Wildman–Crippen LogP) is 4.56. The highest BCUT2D eigenvalue weighted by Crippen LogP contribution is 2.30. The van der Waals surface area contributed by atoms with Crippen LogP contribution in [0.4, 0.5) is 0 Å². The molecule has 4 nitrogen and oxygen atoms in total. The number of carbonyl (C=O) groups excluding carboxylic acids is 1. The van der Waals surface area contributed by atoms with Crippen LogP contribution in [0.5, 0.6) is 0 Å². The van der Waals surface area contributed by atoms with Gasteiger partial charge in [-0.05, 0) is 25.7 Å². The van der Waals surface area contributed by atoms with Crippen molar-refractivity contribution >= 4 is 11.9 Å². The number of aliphatic carboxylic acids is 1. The Morgan fingerprint density at radius 3 is 2.18 bits per heavy atom. The van der Waals surface area contributed by atoms with Gasteiger partial charge in [-0.1, -0.05) is 58.3 Å². The van der Waals surface area contributed by atoms with Crippen LogP contribution in [0.3, 0.4) is 0 Å². The molecule has 2 unspecified atom stereocenters. The van der Waals surface area contributed by atoms with Crippen molar-refractivity contribution in [2.24, 2.45) is 11.8 Å². The molecule has 0 aliphatic heterocycles. The van der Waals surface area contributed by atoms with Crippen molar-refractivity contribution in [1.82, 2.24) is 0 Å². The molecule has 0 aromatic heterocycles. The minimum atomic E-state index is -0.777. The molecule has 128 valence electrons. The van der Waals surface area contributed by atoms with Gasteiger partial charge >= 0.3 is 11.9 Å². The number of unbranched alkanes of at least 4 members (excludes halogenated alkanes) is 7. The van der Waals surface area contributed by atoms with Crippen LogP contribution < -0.4 is 0 Å². The fourth-order valence-electron chi connectivity index (χ4n) is 3.15.